The number of aromatic nitrogens is 1. The first-order valence-electron chi connectivity index (χ1n) is 9.36. The summed E-state index contributed by atoms with van der Waals surface area (Å²) >= 11 is 1.60. The van der Waals surface area contributed by atoms with E-state index in [1.807, 2.05) is 66.3 Å². The van der Waals surface area contributed by atoms with E-state index < -0.39 is 0 Å². The van der Waals surface area contributed by atoms with Crippen LogP contribution >= 0.6 is 11.3 Å². The second-order valence-corrected chi connectivity index (χ2v) is 7.26. The molecule has 6 heteroatoms. The summed E-state index contributed by atoms with van der Waals surface area (Å²) in [5.74, 6) is 0.879. The van der Waals surface area contributed by atoms with Crippen molar-refractivity contribution < 1.29 is 9.53 Å². The van der Waals surface area contributed by atoms with Gasteiger partial charge in [0.25, 0.3) is 0 Å². The Bertz CT molecular complexity index is 864. The van der Waals surface area contributed by atoms with Crippen LogP contribution < -0.4 is 15.4 Å². The monoisotopic (exact) mass is 395 g/mol. The van der Waals surface area contributed by atoms with Crippen molar-refractivity contribution in [3.8, 4) is 5.75 Å². The molecule has 0 fully saturated rings. The lowest BCUT2D eigenvalue weighted by atomic mass is 10.2. The number of amides is 1. The normalized spacial score (nSPS) is 10.6. The van der Waals surface area contributed by atoms with Crippen LogP contribution in [0.3, 0.4) is 0 Å². The first-order valence-corrected chi connectivity index (χ1v) is 10.3. The van der Waals surface area contributed by atoms with Crippen molar-refractivity contribution in [3.63, 3.8) is 0 Å². The number of aryl methyl sites for hydroxylation is 1. The molecule has 0 spiro atoms. The van der Waals surface area contributed by atoms with E-state index >= 15 is 0 Å². The van der Waals surface area contributed by atoms with Gasteiger partial charge in [-0.25, -0.2) is 4.98 Å². The Morgan fingerprint density at radius 3 is 2.68 bits per heavy atom. The molecule has 146 valence electrons. The highest BCUT2D eigenvalue weighted by molar-refractivity contribution is 7.07. The van der Waals surface area contributed by atoms with Crippen LogP contribution in [0.25, 0.3) is 0 Å². The van der Waals surface area contributed by atoms with Crippen LogP contribution in [-0.4, -0.2) is 17.5 Å². The third-order valence-corrected chi connectivity index (χ3v) is 4.89. The van der Waals surface area contributed by atoms with Gasteiger partial charge < -0.3 is 15.4 Å². The highest BCUT2D eigenvalue weighted by Crippen LogP contribution is 2.16. The smallest absolute Gasteiger partial charge is 0.224 e. The van der Waals surface area contributed by atoms with Crippen LogP contribution in [0.5, 0.6) is 5.75 Å². The first kappa shape index (κ1) is 20.0. The third-order valence-electron chi connectivity index (χ3n) is 4.26. The van der Waals surface area contributed by atoms with Crippen LogP contribution in [0.15, 0.2) is 59.4 Å². The van der Waals surface area contributed by atoms with Gasteiger partial charge in [-0.1, -0.05) is 30.3 Å². The Kier molecular flexibility index (Phi) is 7.58. The molecular weight excluding hydrogens is 370 g/mol. The largest absolute Gasteiger partial charge is 0.493 e. The molecule has 0 aliphatic rings. The maximum Gasteiger partial charge on any atom is 0.224 e. The van der Waals surface area contributed by atoms with Crippen molar-refractivity contribution in [3.05, 3.63) is 76.2 Å². The molecule has 3 aromatic rings. The number of benzene rings is 2. The highest BCUT2D eigenvalue weighted by Gasteiger charge is 2.04. The molecule has 0 aliphatic carbocycles. The third kappa shape index (κ3) is 6.48. The number of nitrogens with zero attached hydrogens (tertiary/aromatic N) is 1. The predicted octanol–water partition coefficient (Wildman–Crippen LogP) is 4.54. The lowest BCUT2D eigenvalue weighted by molar-refractivity contribution is -0.116. The van der Waals surface area contributed by atoms with Crippen LogP contribution in [0.2, 0.25) is 0 Å². The minimum atomic E-state index is 0.00258. The fraction of sp³-hybridized carbons (Fsp3) is 0.273. The van der Waals surface area contributed by atoms with Gasteiger partial charge in [-0.2, -0.15) is 0 Å². The molecule has 0 radical (unpaired) electrons. The zero-order valence-corrected chi connectivity index (χ0v) is 16.8. The topological polar surface area (TPSA) is 63.2 Å². The highest BCUT2D eigenvalue weighted by atomic mass is 32.1. The van der Waals surface area contributed by atoms with Crippen molar-refractivity contribution in [1.82, 2.24) is 10.3 Å². The zero-order chi connectivity index (χ0) is 19.6. The Balaban J connectivity index is 1.34. The lowest BCUT2D eigenvalue weighted by Gasteiger charge is -2.09. The number of hydrogen-bond donors (Lipinski definition) is 2. The van der Waals surface area contributed by atoms with E-state index in [4.69, 9.17) is 4.74 Å². The van der Waals surface area contributed by atoms with Gasteiger partial charge in [-0.05, 0) is 42.7 Å². The molecule has 2 N–H and O–H groups in total. The summed E-state index contributed by atoms with van der Waals surface area (Å²) in [6.45, 7) is 4.07. The second kappa shape index (κ2) is 10.6. The van der Waals surface area contributed by atoms with Gasteiger partial charge in [-0.15, -0.1) is 11.3 Å². The molecule has 2 aromatic carbocycles. The fourth-order valence-electron chi connectivity index (χ4n) is 2.72. The Morgan fingerprint density at radius 2 is 1.93 bits per heavy atom. The molecule has 0 saturated heterocycles. The van der Waals surface area contributed by atoms with Crippen LogP contribution in [-0.2, 0) is 17.9 Å². The standard InChI is InChI=1S/C22H25N3O2S/c1-17-5-2-3-6-21(17)27-12-4-7-22(26)25-19-10-8-18(9-11-19)13-23-14-20-15-28-16-24-20/h2-3,5-6,8-11,15-16,23H,4,7,12-14H2,1H3,(H,25,26). The first-order chi connectivity index (χ1) is 13.7. The van der Waals surface area contributed by atoms with Gasteiger partial charge in [0.2, 0.25) is 5.91 Å². The number of thiazole rings is 1. The van der Waals surface area contributed by atoms with Crippen molar-refractivity contribution in [1.29, 1.82) is 0 Å². The van der Waals surface area contributed by atoms with E-state index in [0.29, 0.717) is 19.4 Å². The number of nitrogens with one attached hydrogen (secondary N) is 2. The summed E-state index contributed by atoms with van der Waals surface area (Å²) in [5, 5.41) is 8.33. The molecule has 28 heavy (non-hydrogen) atoms. The average Bonchev–Trinajstić information content (AvgIpc) is 3.21. The second-order valence-electron chi connectivity index (χ2n) is 6.55. The minimum Gasteiger partial charge on any atom is -0.493 e. The summed E-state index contributed by atoms with van der Waals surface area (Å²) in [7, 11) is 0. The molecular formula is C22H25N3O2S. The predicted molar refractivity (Wildman–Crippen MR) is 114 cm³/mol. The Labute approximate surface area is 169 Å². The van der Waals surface area contributed by atoms with Gasteiger partial charge in [0.1, 0.15) is 5.75 Å². The maximum atomic E-state index is 12.1. The molecule has 1 heterocycles. The number of ether oxygens (including phenoxy) is 1. The van der Waals surface area contributed by atoms with E-state index in [1.165, 1.54) is 5.56 Å². The molecule has 0 unspecified atom stereocenters. The summed E-state index contributed by atoms with van der Waals surface area (Å²) < 4.78 is 5.73. The molecule has 0 atom stereocenters. The number of carbonyl (C=O) groups is 1. The maximum absolute atomic E-state index is 12.1. The molecule has 3 rings (SSSR count). The summed E-state index contributed by atoms with van der Waals surface area (Å²) in [4.78, 5) is 16.3. The zero-order valence-electron chi connectivity index (χ0n) is 16.0. The van der Waals surface area contributed by atoms with Gasteiger partial charge in [0.15, 0.2) is 0 Å². The number of anilines is 1. The van der Waals surface area contributed by atoms with E-state index in [1.54, 1.807) is 11.3 Å². The summed E-state index contributed by atoms with van der Waals surface area (Å²) in [5.41, 5.74) is 5.98. The molecule has 0 bridgehead atoms. The Morgan fingerprint density at radius 1 is 1.11 bits per heavy atom. The van der Waals surface area contributed by atoms with Crippen LogP contribution in [0.1, 0.15) is 29.7 Å². The van der Waals surface area contributed by atoms with Crippen LogP contribution in [0, 0.1) is 6.92 Å². The van der Waals surface area contributed by atoms with E-state index in [9.17, 15) is 4.79 Å². The van der Waals surface area contributed by atoms with Gasteiger partial charge in [0, 0.05) is 30.6 Å². The van der Waals surface area contributed by atoms with E-state index in [0.717, 1.165) is 35.8 Å². The number of hydrogen-bond acceptors (Lipinski definition) is 5. The number of para-hydroxylation sites is 1. The van der Waals surface area contributed by atoms with Gasteiger partial charge in [0.05, 0.1) is 17.8 Å². The summed E-state index contributed by atoms with van der Waals surface area (Å²) in [6.07, 6.45) is 1.11. The molecule has 5 nitrogen and oxygen atoms in total. The molecule has 1 aromatic heterocycles. The van der Waals surface area contributed by atoms with Crippen molar-refractivity contribution >= 4 is 22.9 Å². The molecule has 1 amide bonds. The quantitative estimate of drug-likeness (QED) is 0.495. The number of carbonyl (C=O) groups excluding carboxylic acids is 1. The van der Waals surface area contributed by atoms with E-state index in [2.05, 4.69) is 15.6 Å². The Hall–Kier alpha value is -2.70. The minimum absolute atomic E-state index is 0.00258. The van der Waals surface area contributed by atoms with Crippen molar-refractivity contribution in [2.24, 2.45) is 0 Å². The SMILES string of the molecule is Cc1ccccc1OCCCC(=O)Nc1ccc(CNCc2cscn2)cc1. The van der Waals surface area contributed by atoms with Crippen LogP contribution in [0.4, 0.5) is 5.69 Å². The summed E-state index contributed by atoms with van der Waals surface area (Å²) in [6, 6.07) is 15.8. The van der Waals surface area contributed by atoms with Crippen molar-refractivity contribution in [2.45, 2.75) is 32.9 Å². The fourth-order valence-corrected chi connectivity index (χ4v) is 3.28. The van der Waals surface area contributed by atoms with Gasteiger partial charge >= 0.3 is 0 Å². The van der Waals surface area contributed by atoms with Gasteiger partial charge in [-0.3, -0.25) is 4.79 Å². The average molecular weight is 396 g/mol. The number of rotatable bonds is 10. The van der Waals surface area contributed by atoms with E-state index in [-0.39, 0.29) is 5.91 Å². The lowest BCUT2D eigenvalue weighted by Crippen LogP contribution is -2.14. The molecule has 0 aliphatic heterocycles. The van der Waals surface area contributed by atoms with Crippen molar-refractivity contribution in [2.75, 3.05) is 11.9 Å². The molecule has 0 saturated carbocycles.